The van der Waals surface area contributed by atoms with Gasteiger partial charge in [-0.05, 0) is 251 Å². The second-order valence-corrected chi connectivity index (χ2v) is 42.6. The predicted octanol–water partition coefficient (Wildman–Crippen LogP) is 9.65. The highest BCUT2D eigenvalue weighted by Gasteiger charge is 2.57. The van der Waals surface area contributed by atoms with Gasteiger partial charge in [0, 0.05) is 132 Å². The molecule has 10 rings (SSSR count). The fraction of sp³-hybridized carbons (Fsp3) is 0.806. The molecule has 8 heterocycles. The number of carbonyl (C=O) groups is 2. The van der Waals surface area contributed by atoms with Crippen molar-refractivity contribution >= 4 is 33.7 Å². The molecule has 6 saturated heterocycles. The largest absolute Gasteiger partial charge is 0.459 e. The van der Waals surface area contributed by atoms with Crippen LogP contribution in [-0.4, -0.2) is 371 Å². The molecule has 0 radical (unpaired) electrons. The number of fused-ring (bicyclic) bond motifs is 2. The summed E-state index contributed by atoms with van der Waals surface area (Å²) in [6.45, 7) is 40.8. The van der Waals surface area contributed by atoms with E-state index >= 15 is 0 Å². The van der Waals surface area contributed by atoms with Crippen LogP contribution < -0.4 is 5.32 Å². The number of likely N-dealkylation sites (N-methyl/N-ethyl adjacent to an activating group) is 4. The van der Waals surface area contributed by atoms with Crippen LogP contribution in [-0.2, 0) is 89.0 Å². The maximum absolute atomic E-state index is 14.6. The summed E-state index contributed by atoms with van der Waals surface area (Å²) < 4.78 is 91.7. The molecule has 32 nitrogen and oxygen atoms in total. The lowest BCUT2D eigenvalue weighted by atomic mass is 9.77. The summed E-state index contributed by atoms with van der Waals surface area (Å²) in [5.74, 6) is -5.10. The van der Waals surface area contributed by atoms with Gasteiger partial charge in [-0.2, -0.15) is 0 Å². The van der Waals surface area contributed by atoms with Crippen LogP contribution in [0.1, 0.15) is 214 Å². The lowest BCUT2D eigenvalue weighted by Crippen LogP contribution is -2.61. The van der Waals surface area contributed by atoms with E-state index in [9.17, 15) is 50.4 Å². The Hall–Kier alpha value is -4.84. The predicted molar refractivity (Wildman–Crippen MR) is 517 cm³/mol. The molecule has 0 spiro atoms. The molecule has 2 aromatic heterocycles. The number of para-hydroxylation sites is 2. The highest BCUT2D eigenvalue weighted by Crippen LogP contribution is 2.45. The highest BCUT2D eigenvalue weighted by atomic mass is 16.7. The van der Waals surface area contributed by atoms with Crippen LogP contribution in [0.4, 0.5) is 0 Å². The molecule has 0 aliphatic carbocycles. The summed E-state index contributed by atoms with van der Waals surface area (Å²) in [6.07, 6.45) is -9.53. The average Bonchev–Trinajstić information content (AvgIpc) is 1.60. The van der Waals surface area contributed by atoms with Crippen LogP contribution in [0.3, 0.4) is 0 Å². The van der Waals surface area contributed by atoms with Gasteiger partial charge in [-0.25, -0.2) is 0 Å². The Morgan fingerprint density at radius 1 is 0.496 bits per heavy atom. The Balaban J connectivity index is 0.000000303. The molecule has 0 saturated carbocycles. The third kappa shape index (κ3) is 28.4. The third-order valence-corrected chi connectivity index (χ3v) is 30.4. The van der Waals surface area contributed by atoms with Crippen molar-refractivity contribution in [2.24, 2.45) is 35.5 Å². The number of benzene rings is 2. The van der Waals surface area contributed by atoms with Crippen molar-refractivity contribution in [1.29, 1.82) is 0 Å². The molecule has 36 atom stereocenters. The smallest absolute Gasteiger partial charge is 0.311 e. The van der Waals surface area contributed by atoms with Crippen molar-refractivity contribution in [2.45, 2.75) is 396 Å². The lowest BCUT2D eigenvalue weighted by Gasteiger charge is -2.49. The zero-order valence-electron chi connectivity index (χ0n) is 86.7. The SMILES string of the molecule is CC[C@H]1OC(=O)[C@H](C)[C@@H](O[C@H]2C[C@@](C)(OC)[C@@H](O)[C@H](C)O2)[C@H](C)[C@@H](O[C@@H]2O[C@H](C)C[C@H](N(C)C)[C@H]2OCCCN(C)Cc2ccnc3ccccc23)[C@](C)(O)C[C@@H](C)CN(C)[C@H](C)[C@@H](O)[C@]1(C)O.CC[C@H]1OC(=O)[C@H](C)[C@@H](O[C@H]2C[C@@](C)(OC)[C@@H](O)[C@H](C)O2)[C@H](C)[C@@H](O[C@@H]2O[C@H](C)C[C@H](N(C)C)[C@H]2OCCCNCc2ccnc3ccccc23)[C@](C)(O)C[C@@H](C)CN(C)[C@H](C)[C@@H](O)[C@]1(C)O. The number of nitrogens with zero attached hydrogens (tertiary/aromatic N) is 7. The summed E-state index contributed by atoms with van der Waals surface area (Å²) >= 11 is 0. The van der Waals surface area contributed by atoms with Crippen LogP contribution >= 0.6 is 0 Å². The Morgan fingerprint density at radius 2 is 0.881 bits per heavy atom. The lowest BCUT2D eigenvalue weighted by molar-refractivity contribution is -0.321. The van der Waals surface area contributed by atoms with Gasteiger partial charge < -0.3 is 137 Å². The topological polar surface area (TPSA) is 379 Å². The van der Waals surface area contributed by atoms with Gasteiger partial charge in [-0.15, -0.1) is 0 Å². The molecule has 135 heavy (non-hydrogen) atoms. The summed E-state index contributed by atoms with van der Waals surface area (Å²) in [5, 5.41) is 101. The number of rotatable bonds is 28. The molecular formula is C103H174N8O24. The molecule has 6 aliphatic heterocycles. The highest BCUT2D eigenvalue weighted by molar-refractivity contribution is 5.82. The van der Waals surface area contributed by atoms with Crippen LogP contribution in [0, 0.1) is 35.5 Å². The number of esters is 2. The van der Waals surface area contributed by atoms with Gasteiger partial charge in [0.15, 0.2) is 25.2 Å². The van der Waals surface area contributed by atoms with Crippen LogP contribution in [0.5, 0.6) is 0 Å². The molecule has 770 valence electrons. The van der Waals surface area contributed by atoms with E-state index in [1.165, 1.54) is 39.2 Å². The van der Waals surface area contributed by atoms with E-state index in [1.54, 1.807) is 69.2 Å². The number of pyridine rings is 2. The van der Waals surface area contributed by atoms with Gasteiger partial charge in [-0.1, -0.05) is 77.9 Å². The van der Waals surface area contributed by atoms with Gasteiger partial charge >= 0.3 is 11.9 Å². The van der Waals surface area contributed by atoms with E-state index in [2.05, 4.69) is 55.2 Å². The van der Waals surface area contributed by atoms with Crippen molar-refractivity contribution in [3.63, 3.8) is 0 Å². The summed E-state index contributed by atoms with van der Waals surface area (Å²) in [7, 11) is 17.0. The maximum atomic E-state index is 14.6. The molecule has 0 amide bonds. The number of aromatic nitrogens is 2. The number of methoxy groups -OCH3 is 2. The minimum atomic E-state index is -1.81. The van der Waals surface area contributed by atoms with Crippen LogP contribution in [0.25, 0.3) is 21.8 Å². The second-order valence-electron chi connectivity index (χ2n) is 42.6. The molecule has 6 aliphatic rings. The van der Waals surface area contributed by atoms with E-state index in [-0.39, 0.29) is 74.7 Å². The zero-order valence-corrected chi connectivity index (χ0v) is 86.7. The van der Waals surface area contributed by atoms with Crippen molar-refractivity contribution in [3.05, 3.63) is 84.2 Å². The van der Waals surface area contributed by atoms with Crippen molar-refractivity contribution in [2.75, 3.05) is 103 Å². The van der Waals surface area contributed by atoms with E-state index in [0.717, 1.165) is 41.3 Å². The van der Waals surface area contributed by atoms with Crippen LogP contribution in [0.15, 0.2) is 73.1 Å². The fourth-order valence-electron chi connectivity index (χ4n) is 22.0. The van der Waals surface area contributed by atoms with Gasteiger partial charge in [0.2, 0.25) is 0 Å². The number of nitrogens with one attached hydrogen (secondary N) is 1. The average molecular weight is 1910 g/mol. The van der Waals surface area contributed by atoms with Crippen LogP contribution in [0.2, 0.25) is 0 Å². The minimum absolute atomic E-state index is 0.0945. The first kappa shape index (κ1) is 114. The second kappa shape index (κ2) is 49.4. The van der Waals surface area contributed by atoms with Gasteiger partial charge in [0.1, 0.15) is 60.0 Å². The molecule has 6 fully saturated rings. The fourth-order valence-corrected chi connectivity index (χ4v) is 22.0. The monoisotopic (exact) mass is 1910 g/mol. The number of aliphatic hydroxyl groups excluding tert-OH is 4. The summed E-state index contributed by atoms with van der Waals surface area (Å²) in [5.41, 5.74) is -4.47. The van der Waals surface area contributed by atoms with Crippen molar-refractivity contribution < 1.29 is 117 Å². The number of aliphatic hydroxyl groups is 8. The number of ether oxygens (including phenoxy) is 14. The first-order valence-corrected chi connectivity index (χ1v) is 49.7. The van der Waals surface area contributed by atoms with E-state index < -0.39 is 192 Å². The Bertz CT molecular complexity index is 4260. The van der Waals surface area contributed by atoms with Gasteiger partial charge in [0.25, 0.3) is 0 Å². The molecule has 0 bridgehead atoms. The standard InChI is InChI=1S/C52H88N4O12.C51H86N4O12/c1-16-41-52(10,61)45(57)35(6)56(14)29-31(2)27-50(8,60)47(33(4)43(34(5)48(59)66-41)67-42-28-51(9,62-15)46(58)36(7)65-42)68-49-44(40(54(11)12)26-32(3)64-49)63-25-19-24-55(13)30-37-22-23-53-39-21-18-17-20-38(37)39;1-15-40-51(10,60)44(56)34(6)55(13)29-30(2)26-49(8,59)46(32(4)42(33(5)47(58)65-40)66-41-27-50(9,61-14)45(57)35(7)64-41)67-48-43(39(54(11)12)25-31(3)63-48)62-24-18-22-52-28-36-21-23-53-38-20-17-16-19-37(36)38/h17-18,20-23,31-36,40-47,49,57-58,60-61H,16,19,24-30H2,1-15H3;16-17,19-21,23,30-35,39-46,48,52,56-57,59-60H,15,18,22,24-29H2,1-14H3/t31-,32-,33+,34-,35-,36+,40+,41-,42+,43+,44-,45-,46+,47-,49+,50-,51-,52-;30-,31-,32+,33-,34-,35+,39+,40-,41+,42+,43-,44-,45+,46-,48+,49-,50-,51-/m11/s1. The number of carbonyl (C=O) groups excluding carboxylic acids is 2. The van der Waals surface area contributed by atoms with E-state index in [1.807, 2.05) is 162 Å². The molecule has 0 unspecified atom stereocenters. The Kier molecular flexibility index (Phi) is 41.7. The Morgan fingerprint density at radius 3 is 1.27 bits per heavy atom. The number of cyclic esters (lactones) is 2. The molecular weight excluding hydrogens is 1730 g/mol. The summed E-state index contributed by atoms with van der Waals surface area (Å²) in [6, 6.07) is 19.1. The zero-order chi connectivity index (χ0) is 100. The van der Waals surface area contributed by atoms with Crippen molar-refractivity contribution in [3.8, 4) is 0 Å². The molecule has 32 heteroatoms. The van der Waals surface area contributed by atoms with E-state index in [4.69, 9.17) is 66.3 Å². The summed E-state index contributed by atoms with van der Waals surface area (Å²) in [4.78, 5) is 48.6. The first-order valence-electron chi connectivity index (χ1n) is 49.7. The Labute approximate surface area is 805 Å². The first-order chi connectivity index (χ1) is 63.3. The van der Waals surface area contributed by atoms with Gasteiger partial charge in [0.05, 0.1) is 94.1 Å². The molecule has 2 aromatic carbocycles. The molecule has 9 N–H and O–H groups in total. The van der Waals surface area contributed by atoms with Crippen molar-refractivity contribution in [1.82, 2.24) is 39.8 Å². The minimum Gasteiger partial charge on any atom is -0.459 e. The normalized spacial score (nSPS) is 41.0. The van der Waals surface area contributed by atoms with E-state index in [0.29, 0.717) is 58.7 Å². The quantitative estimate of drug-likeness (QED) is 0.0189. The van der Waals surface area contributed by atoms with Gasteiger partial charge in [-0.3, -0.25) is 19.6 Å². The maximum Gasteiger partial charge on any atom is 0.311 e. The number of hydrogen-bond donors (Lipinski definition) is 9. The number of hydrogen-bond acceptors (Lipinski definition) is 32. The third-order valence-electron chi connectivity index (χ3n) is 30.4. The molecule has 4 aromatic rings.